The number of hydrogen-bond acceptors (Lipinski definition) is 3. The predicted molar refractivity (Wildman–Crippen MR) is 73.0 cm³/mol. The number of alkyl halides is 3. The van der Waals surface area contributed by atoms with Crippen molar-refractivity contribution in [2.24, 2.45) is 5.92 Å². The zero-order chi connectivity index (χ0) is 15.5. The lowest BCUT2D eigenvalue weighted by atomic mass is 9.76. The third-order valence-corrected chi connectivity index (χ3v) is 3.90. The minimum absolute atomic E-state index is 0.0945. The summed E-state index contributed by atoms with van der Waals surface area (Å²) in [6.45, 7) is 0. The Bertz CT molecular complexity index is 521. The summed E-state index contributed by atoms with van der Waals surface area (Å²) in [5.41, 5.74) is -0.535. The van der Waals surface area contributed by atoms with Crippen molar-refractivity contribution in [3.8, 4) is 11.8 Å². The lowest BCUT2D eigenvalue weighted by Gasteiger charge is -2.37. The maximum absolute atomic E-state index is 12.9. The molecular formula is C15H17F3N2O. The molecule has 0 heterocycles. The van der Waals surface area contributed by atoms with Crippen LogP contribution in [0.1, 0.15) is 25.7 Å². The van der Waals surface area contributed by atoms with E-state index in [-0.39, 0.29) is 12.8 Å². The van der Waals surface area contributed by atoms with Gasteiger partial charge in [0.25, 0.3) is 0 Å². The van der Waals surface area contributed by atoms with Crippen LogP contribution in [-0.4, -0.2) is 18.8 Å². The van der Waals surface area contributed by atoms with Gasteiger partial charge in [0, 0.05) is 5.69 Å². The number of methoxy groups -OCH3 is 1. The van der Waals surface area contributed by atoms with E-state index in [1.54, 1.807) is 24.3 Å². The molecule has 0 radical (unpaired) electrons. The maximum Gasteiger partial charge on any atom is 0.391 e. The Morgan fingerprint density at radius 3 is 2.52 bits per heavy atom. The van der Waals surface area contributed by atoms with Crippen molar-refractivity contribution in [1.82, 2.24) is 0 Å². The highest BCUT2D eigenvalue weighted by molar-refractivity contribution is 5.50. The topological polar surface area (TPSA) is 45.0 Å². The number of hydrogen-bond donors (Lipinski definition) is 1. The molecule has 1 saturated carbocycles. The van der Waals surface area contributed by atoms with Crippen LogP contribution in [0, 0.1) is 17.2 Å². The van der Waals surface area contributed by atoms with Crippen LogP contribution in [0.25, 0.3) is 0 Å². The molecule has 6 heteroatoms. The molecule has 21 heavy (non-hydrogen) atoms. The second kappa shape index (κ2) is 5.84. The van der Waals surface area contributed by atoms with Crippen LogP contribution in [-0.2, 0) is 0 Å². The molecule has 114 valence electrons. The van der Waals surface area contributed by atoms with Crippen LogP contribution in [0.3, 0.4) is 0 Å². The summed E-state index contributed by atoms with van der Waals surface area (Å²) in [4.78, 5) is 0. The minimum atomic E-state index is -4.25. The molecule has 1 aromatic carbocycles. The van der Waals surface area contributed by atoms with Gasteiger partial charge in [-0.15, -0.1) is 0 Å². The number of anilines is 1. The largest absolute Gasteiger partial charge is 0.497 e. The van der Waals surface area contributed by atoms with Crippen LogP contribution in [0.5, 0.6) is 5.75 Å². The van der Waals surface area contributed by atoms with E-state index < -0.39 is 17.6 Å². The third-order valence-electron chi connectivity index (χ3n) is 3.90. The lowest BCUT2D eigenvalue weighted by molar-refractivity contribution is -0.184. The van der Waals surface area contributed by atoms with Crippen LogP contribution >= 0.6 is 0 Å². The first-order valence-electron chi connectivity index (χ1n) is 6.79. The van der Waals surface area contributed by atoms with E-state index >= 15 is 0 Å². The van der Waals surface area contributed by atoms with Gasteiger partial charge in [0.05, 0.1) is 19.1 Å². The Morgan fingerprint density at radius 2 is 2.00 bits per heavy atom. The van der Waals surface area contributed by atoms with Gasteiger partial charge in [0.15, 0.2) is 0 Å². The van der Waals surface area contributed by atoms with E-state index in [9.17, 15) is 18.4 Å². The molecule has 0 aromatic heterocycles. The van der Waals surface area contributed by atoms with Crippen LogP contribution in [0.4, 0.5) is 18.9 Å². The summed E-state index contributed by atoms with van der Waals surface area (Å²) in [7, 11) is 1.54. The molecular weight excluding hydrogens is 281 g/mol. The van der Waals surface area contributed by atoms with Crippen molar-refractivity contribution in [2.75, 3.05) is 12.4 Å². The van der Waals surface area contributed by atoms with E-state index in [0.29, 0.717) is 24.3 Å². The van der Waals surface area contributed by atoms with Crippen LogP contribution < -0.4 is 10.1 Å². The van der Waals surface area contributed by atoms with Gasteiger partial charge >= 0.3 is 6.18 Å². The van der Waals surface area contributed by atoms with Crippen molar-refractivity contribution in [3.05, 3.63) is 24.3 Å². The Labute approximate surface area is 121 Å². The summed E-state index contributed by atoms with van der Waals surface area (Å²) >= 11 is 0. The molecule has 0 saturated heterocycles. The first-order valence-corrected chi connectivity index (χ1v) is 6.79. The van der Waals surface area contributed by atoms with Crippen molar-refractivity contribution in [3.63, 3.8) is 0 Å². The molecule has 1 aliphatic carbocycles. The molecule has 1 fully saturated rings. The molecule has 2 rings (SSSR count). The summed E-state index contributed by atoms with van der Waals surface area (Å²) in [6, 6.07) is 8.87. The maximum atomic E-state index is 12.9. The fourth-order valence-electron chi connectivity index (χ4n) is 2.75. The normalized spacial score (nSPS) is 26.0. The molecule has 0 amide bonds. The average Bonchev–Trinajstić information content (AvgIpc) is 2.47. The van der Waals surface area contributed by atoms with E-state index in [2.05, 4.69) is 11.4 Å². The monoisotopic (exact) mass is 298 g/mol. The van der Waals surface area contributed by atoms with Crippen molar-refractivity contribution in [2.45, 2.75) is 37.4 Å². The van der Waals surface area contributed by atoms with Crippen LogP contribution in [0.2, 0.25) is 0 Å². The van der Waals surface area contributed by atoms with Gasteiger partial charge in [-0.3, -0.25) is 0 Å². The Morgan fingerprint density at radius 1 is 1.33 bits per heavy atom. The van der Waals surface area contributed by atoms with Gasteiger partial charge in [0.2, 0.25) is 0 Å². The predicted octanol–water partition coefficient (Wildman–Crippen LogP) is 4.12. The Balaban J connectivity index is 2.15. The highest BCUT2D eigenvalue weighted by Gasteiger charge is 2.48. The highest BCUT2D eigenvalue weighted by Crippen LogP contribution is 2.42. The summed E-state index contributed by atoms with van der Waals surface area (Å²) in [6.07, 6.45) is -3.55. The quantitative estimate of drug-likeness (QED) is 0.913. The van der Waals surface area contributed by atoms with Gasteiger partial charge in [-0.25, -0.2) is 0 Å². The van der Waals surface area contributed by atoms with E-state index in [4.69, 9.17) is 4.74 Å². The number of nitriles is 1. The number of halogens is 3. The molecule has 2 atom stereocenters. The van der Waals surface area contributed by atoms with E-state index in [1.807, 2.05) is 0 Å². The molecule has 3 nitrogen and oxygen atoms in total. The van der Waals surface area contributed by atoms with Gasteiger partial charge in [0.1, 0.15) is 11.3 Å². The van der Waals surface area contributed by atoms with Crippen molar-refractivity contribution in [1.29, 1.82) is 5.26 Å². The SMILES string of the molecule is COc1ccc(NC2(C#N)CCCC(C(F)(F)F)C2)cc1. The number of nitrogens with zero attached hydrogens (tertiary/aromatic N) is 1. The van der Waals surface area contributed by atoms with Gasteiger partial charge in [-0.1, -0.05) is 0 Å². The van der Waals surface area contributed by atoms with E-state index in [1.165, 1.54) is 7.11 Å². The zero-order valence-corrected chi connectivity index (χ0v) is 11.7. The molecule has 0 bridgehead atoms. The second-order valence-corrected chi connectivity index (χ2v) is 5.38. The Kier molecular flexibility index (Phi) is 4.31. The average molecular weight is 298 g/mol. The number of benzene rings is 1. The fourth-order valence-corrected chi connectivity index (χ4v) is 2.75. The van der Waals surface area contributed by atoms with Crippen molar-refractivity contribution >= 4 is 5.69 Å². The molecule has 1 aromatic rings. The minimum Gasteiger partial charge on any atom is -0.497 e. The van der Waals surface area contributed by atoms with Gasteiger partial charge in [-0.2, -0.15) is 18.4 Å². The smallest absolute Gasteiger partial charge is 0.391 e. The Hall–Kier alpha value is -1.90. The third kappa shape index (κ3) is 3.60. The first-order chi connectivity index (χ1) is 9.88. The van der Waals surface area contributed by atoms with Gasteiger partial charge in [-0.05, 0) is 49.9 Å². The standard InChI is InChI=1S/C15H17F3N2O/c1-21-13-6-4-12(5-7-13)20-14(10-19)8-2-3-11(9-14)15(16,17)18/h4-7,11,20H,2-3,8-9H2,1H3. The summed E-state index contributed by atoms with van der Waals surface area (Å²) in [5.74, 6) is -0.764. The molecule has 0 aliphatic heterocycles. The number of nitrogens with one attached hydrogen (secondary N) is 1. The highest BCUT2D eigenvalue weighted by atomic mass is 19.4. The first kappa shape index (κ1) is 15.5. The van der Waals surface area contributed by atoms with Crippen molar-refractivity contribution < 1.29 is 17.9 Å². The van der Waals surface area contributed by atoms with Crippen LogP contribution in [0.15, 0.2) is 24.3 Å². The summed E-state index contributed by atoms with van der Waals surface area (Å²) < 4.78 is 43.7. The lowest BCUT2D eigenvalue weighted by Crippen LogP contribution is -2.45. The number of ether oxygens (including phenoxy) is 1. The molecule has 1 N–H and O–H groups in total. The fraction of sp³-hybridized carbons (Fsp3) is 0.533. The zero-order valence-electron chi connectivity index (χ0n) is 11.7. The summed E-state index contributed by atoms with van der Waals surface area (Å²) in [5, 5.41) is 12.4. The molecule has 2 unspecified atom stereocenters. The van der Waals surface area contributed by atoms with E-state index in [0.717, 1.165) is 0 Å². The second-order valence-electron chi connectivity index (χ2n) is 5.38. The molecule has 1 aliphatic rings. The van der Waals surface area contributed by atoms with Gasteiger partial charge < -0.3 is 10.1 Å². The molecule has 0 spiro atoms. The number of rotatable bonds is 3.